The number of hydrogen-bond acceptors (Lipinski definition) is 0. The molecule has 0 N–H and O–H groups in total. The van der Waals surface area contributed by atoms with Gasteiger partial charge in [-0.25, -0.2) is 0 Å². The average Bonchev–Trinajstić information content (AvgIpc) is 3.37. The van der Waals surface area contributed by atoms with E-state index in [4.69, 9.17) is 0 Å². The van der Waals surface area contributed by atoms with E-state index in [9.17, 15) is 0 Å². The van der Waals surface area contributed by atoms with Crippen LogP contribution < -0.4 is 0 Å². The molecule has 0 saturated carbocycles. The van der Waals surface area contributed by atoms with Crippen LogP contribution in [0, 0.1) is 0 Å². The van der Waals surface area contributed by atoms with Crippen molar-refractivity contribution in [3.05, 3.63) is 169 Å². The minimum absolute atomic E-state index is 0.0372. The molecule has 0 fully saturated rings. The van der Waals surface area contributed by atoms with E-state index in [1.165, 1.54) is 98.7 Å². The second kappa shape index (κ2) is 9.64. The molecule has 0 radical (unpaired) electrons. The molecule has 47 heavy (non-hydrogen) atoms. The van der Waals surface area contributed by atoms with Gasteiger partial charge in [0.25, 0.3) is 0 Å². The highest BCUT2D eigenvalue weighted by Crippen LogP contribution is 2.51. The zero-order valence-corrected chi connectivity index (χ0v) is 26.5. The number of fused-ring (bicyclic) bond motifs is 5. The first-order chi connectivity index (χ1) is 23.1. The van der Waals surface area contributed by atoms with Crippen LogP contribution in [0.1, 0.15) is 25.0 Å². The van der Waals surface area contributed by atoms with Crippen LogP contribution in [0.25, 0.3) is 87.6 Å². The molecule has 9 aromatic rings. The molecule has 0 aromatic heterocycles. The normalized spacial score (nSPS) is 13.5. The zero-order chi connectivity index (χ0) is 31.3. The Balaban J connectivity index is 1.17. The van der Waals surface area contributed by atoms with Gasteiger partial charge >= 0.3 is 0 Å². The van der Waals surface area contributed by atoms with Gasteiger partial charge < -0.3 is 0 Å². The molecule has 1 aliphatic carbocycles. The highest BCUT2D eigenvalue weighted by Gasteiger charge is 2.36. The predicted molar refractivity (Wildman–Crippen MR) is 202 cm³/mol. The van der Waals surface area contributed by atoms with Crippen LogP contribution in [0.3, 0.4) is 0 Å². The summed E-state index contributed by atoms with van der Waals surface area (Å²) in [5.74, 6) is 0. The van der Waals surface area contributed by atoms with Crippen LogP contribution in [-0.4, -0.2) is 0 Å². The smallest absolute Gasteiger partial charge is 0.0165 e. The molecule has 0 bridgehead atoms. The summed E-state index contributed by atoms with van der Waals surface area (Å²) in [7, 11) is 0. The molecule has 0 heteroatoms. The second-order valence-corrected chi connectivity index (χ2v) is 13.7. The Morgan fingerprint density at radius 1 is 0.340 bits per heavy atom. The fourth-order valence-electron chi connectivity index (χ4n) is 8.60. The first kappa shape index (κ1) is 26.5. The van der Waals surface area contributed by atoms with E-state index in [-0.39, 0.29) is 5.41 Å². The summed E-state index contributed by atoms with van der Waals surface area (Å²) in [4.78, 5) is 0. The van der Waals surface area contributed by atoms with E-state index in [0.717, 1.165) is 0 Å². The van der Waals surface area contributed by atoms with Gasteiger partial charge in [-0.3, -0.25) is 0 Å². The minimum atomic E-state index is -0.0372. The van der Waals surface area contributed by atoms with Crippen LogP contribution in [0.4, 0.5) is 0 Å². The van der Waals surface area contributed by atoms with Gasteiger partial charge in [-0.1, -0.05) is 159 Å². The summed E-state index contributed by atoms with van der Waals surface area (Å²) in [6, 6.07) is 58.9. The van der Waals surface area contributed by atoms with Crippen molar-refractivity contribution in [1.29, 1.82) is 0 Å². The minimum Gasteiger partial charge on any atom is -0.0622 e. The monoisotopic (exact) mass is 596 g/mol. The van der Waals surface area contributed by atoms with Gasteiger partial charge in [0, 0.05) is 5.41 Å². The third-order valence-corrected chi connectivity index (χ3v) is 10.8. The molecule has 0 unspecified atom stereocenters. The fraction of sp³-hybridized carbons (Fsp3) is 0.0638. The Bertz CT molecular complexity index is 2670. The van der Waals surface area contributed by atoms with E-state index in [1.807, 2.05) is 0 Å². The van der Waals surface area contributed by atoms with Crippen molar-refractivity contribution in [2.75, 3.05) is 0 Å². The predicted octanol–water partition coefficient (Wildman–Crippen LogP) is 13.0. The van der Waals surface area contributed by atoms with E-state index in [1.54, 1.807) is 0 Å². The van der Waals surface area contributed by atoms with Gasteiger partial charge in [0.05, 0.1) is 0 Å². The van der Waals surface area contributed by atoms with E-state index >= 15 is 0 Å². The molecule has 220 valence electrons. The Morgan fingerprint density at radius 3 is 1.81 bits per heavy atom. The number of hydrogen-bond donors (Lipinski definition) is 0. The second-order valence-electron chi connectivity index (χ2n) is 13.7. The third kappa shape index (κ3) is 3.76. The Labute approximate surface area is 274 Å². The lowest BCUT2D eigenvalue weighted by molar-refractivity contribution is 0.666. The van der Waals surface area contributed by atoms with Crippen LogP contribution in [0.15, 0.2) is 158 Å². The molecule has 0 heterocycles. The summed E-state index contributed by atoms with van der Waals surface area (Å²) in [6.07, 6.45) is 0. The summed E-state index contributed by atoms with van der Waals surface area (Å²) >= 11 is 0. The van der Waals surface area contributed by atoms with Crippen molar-refractivity contribution in [3.8, 4) is 44.5 Å². The molecule has 0 atom stereocenters. The van der Waals surface area contributed by atoms with Crippen molar-refractivity contribution in [2.45, 2.75) is 19.3 Å². The molecule has 0 aliphatic heterocycles. The Morgan fingerprint density at radius 2 is 0.957 bits per heavy atom. The Hall–Kier alpha value is -5.72. The van der Waals surface area contributed by atoms with Crippen molar-refractivity contribution >= 4 is 43.1 Å². The molecule has 10 rings (SSSR count). The van der Waals surface area contributed by atoms with Crippen LogP contribution in [0.5, 0.6) is 0 Å². The van der Waals surface area contributed by atoms with Gasteiger partial charge in [-0.2, -0.15) is 0 Å². The quantitative estimate of drug-likeness (QED) is 0.178. The highest BCUT2D eigenvalue weighted by atomic mass is 14.4. The molecule has 9 aromatic carbocycles. The third-order valence-electron chi connectivity index (χ3n) is 10.8. The molecule has 1 aliphatic rings. The van der Waals surface area contributed by atoms with Crippen molar-refractivity contribution in [3.63, 3.8) is 0 Å². The summed E-state index contributed by atoms with van der Waals surface area (Å²) in [6.45, 7) is 4.74. The highest BCUT2D eigenvalue weighted by molar-refractivity contribution is 6.25. The van der Waals surface area contributed by atoms with Crippen LogP contribution >= 0.6 is 0 Å². The van der Waals surface area contributed by atoms with Crippen LogP contribution in [0.2, 0.25) is 0 Å². The summed E-state index contributed by atoms with van der Waals surface area (Å²) in [5, 5.41) is 10.5. The SMILES string of the molecule is CC1(C)c2ccccc2-c2ccc3cc(-c4ccc(-c5ccc6ccc7cccc8ccc5c6c78)cc4-c4ccccc4)ccc3c21. The molecular weight excluding hydrogens is 565 g/mol. The molecule has 0 saturated heterocycles. The fourth-order valence-corrected chi connectivity index (χ4v) is 8.60. The van der Waals surface area contributed by atoms with Crippen molar-refractivity contribution in [1.82, 2.24) is 0 Å². The van der Waals surface area contributed by atoms with Crippen molar-refractivity contribution in [2.24, 2.45) is 0 Å². The summed E-state index contributed by atoms with van der Waals surface area (Å²) < 4.78 is 0. The lowest BCUT2D eigenvalue weighted by Crippen LogP contribution is -2.15. The molecular formula is C47H32. The van der Waals surface area contributed by atoms with Gasteiger partial charge in [0.15, 0.2) is 0 Å². The molecule has 0 nitrogen and oxygen atoms in total. The number of benzene rings is 9. The van der Waals surface area contributed by atoms with Gasteiger partial charge in [-0.15, -0.1) is 0 Å². The standard InChI is InChI=1S/C47H32/c1-47(2)43-14-7-6-13-39(43)41-26-21-34-27-33(20-24-38(34)46(41)47)37-23-19-35(28-42(37)29-9-4-3-5-10-29)36-22-17-32-16-15-30-11-8-12-31-18-25-40(36)45(32)44(30)31/h3-28H,1-2H3. The van der Waals surface area contributed by atoms with E-state index in [2.05, 4.69) is 172 Å². The first-order valence-electron chi connectivity index (χ1n) is 16.6. The zero-order valence-electron chi connectivity index (χ0n) is 26.5. The van der Waals surface area contributed by atoms with Gasteiger partial charge in [-0.05, 0) is 111 Å². The van der Waals surface area contributed by atoms with E-state index in [0.29, 0.717) is 0 Å². The number of rotatable bonds is 3. The average molecular weight is 597 g/mol. The van der Waals surface area contributed by atoms with Gasteiger partial charge in [0.2, 0.25) is 0 Å². The maximum Gasteiger partial charge on any atom is 0.0165 e. The maximum atomic E-state index is 2.41. The topological polar surface area (TPSA) is 0 Å². The van der Waals surface area contributed by atoms with Crippen LogP contribution in [-0.2, 0) is 5.41 Å². The van der Waals surface area contributed by atoms with E-state index < -0.39 is 0 Å². The first-order valence-corrected chi connectivity index (χ1v) is 16.6. The molecule has 0 amide bonds. The lowest BCUT2D eigenvalue weighted by atomic mass is 9.80. The maximum absolute atomic E-state index is 2.41. The largest absolute Gasteiger partial charge is 0.0622 e. The Kier molecular flexibility index (Phi) is 5.44. The molecule has 0 spiro atoms. The summed E-state index contributed by atoms with van der Waals surface area (Å²) in [5.41, 5.74) is 13.0. The van der Waals surface area contributed by atoms with Crippen molar-refractivity contribution < 1.29 is 0 Å². The lowest BCUT2D eigenvalue weighted by Gasteiger charge is -2.23. The van der Waals surface area contributed by atoms with Gasteiger partial charge in [0.1, 0.15) is 0 Å².